The molecule has 1 atom stereocenters. The molecule has 5 nitrogen and oxygen atoms in total. The first-order valence-electron chi connectivity index (χ1n) is 6.40. The monoisotopic (exact) mass is 279 g/mol. The van der Waals surface area contributed by atoms with Crippen LogP contribution >= 0.6 is 0 Å². The molecular weight excluding hydrogens is 258 g/mol. The van der Waals surface area contributed by atoms with E-state index in [-0.39, 0.29) is 11.7 Å². The molecule has 1 aromatic carbocycles. The minimum absolute atomic E-state index is 0.155. The van der Waals surface area contributed by atoms with Gasteiger partial charge < -0.3 is 15.2 Å². The van der Waals surface area contributed by atoms with E-state index in [0.717, 1.165) is 5.56 Å². The topological polar surface area (TPSA) is 75.6 Å². The molecule has 0 saturated heterocycles. The highest BCUT2D eigenvalue weighted by atomic mass is 16.5. The number of nitrogens with one attached hydrogen (secondary N) is 1. The molecule has 0 saturated carbocycles. The lowest BCUT2D eigenvalue weighted by Gasteiger charge is -2.23. The van der Waals surface area contributed by atoms with E-state index in [1.54, 1.807) is 32.9 Å². The van der Waals surface area contributed by atoms with E-state index < -0.39 is 17.4 Å². The van der Waals surface area contributed by atoms with Crippen molar-refractivity contribution < 1.29 is 19.4 Å². The maximum atomic E-state index is 12.0. The molecule has 0 aromatic heterocycles. The number of methoxy groups -OCH3 is 1. The van der Waals surface area contributed by atoms with Gasteiger partial charge in [-0.25, -0.2) is 4.79 Å². The summed E-state index contributed by atoms with van der Waals surface area (Å²) in [6.07, 6.45) is 0.314. The van der Waals surface area contributed by atoms with E-state index in [2.05, 4.69) is 5.32 Å². The van der Waals surface area contributed by atoms with Gasteiger partial charge in [-0.15, -0.1) is 0 Å². The van der Waals surface area contributed by atoms with Crippen LogP contribution in [0.15, 0.2) is 24.3 Å². The van der Waals surface area contributed by atoms with Crippen LogP contribution in [-0.2, 0) is 20.7 Å². The van der Waals surface area contributed by atoms with Crippen molar-refractivity contribution in [1.29, 1.82) is 0 Å². The fourth-order valence-electron chi connectivity index (χ4n) is 1.58. The normalized spacial score (nSPS) is 12.6. The highest BCUT2D eigenvalue weighted by Gasteiger charge is 2.28. The average molecular weight is 279 g/mol. The van der Waals surface area contributed by atoms with E-state index in [1.165, 1.54) is 19.2 Å². The molecule has 1 unspecified atom stereocenters. The van der Waals surface area contributed by atoms with Gasteiger partial charge in [-0.2, -0.15) is 0 Å². The number of aromatic hydroxyl groups is 1. The standard InChI is InChI=1S/C15H21NO4/c1-15(2,3)14(19)16-12(13(18)20-4)9-10-5-7-11(17)8-6-10/h5-8,12,17H,9H2,1-4H3,(H,16,19). The summed E-state index contributed by atoms with van der Waals surface area (Å²) in [6, 6.07) is 5.74. The van der Waals surface area contributed by atoms with Crippen molar-refractivity contribution in [2.24, 2.45) is 5.41 Å². The minimum Gasteiger partial charge on any atom is -0.508 e. The summed E-state index contributed by atoms with van der Waals surface area (Å²) in [7, 11) is 1.29. The lowest BCUT2D eigenvalue weighted by atomic mass is 9.94. The first kappa shape index (κ1) is 16.0. The smallest absolute Gasteiger partial charge is 0.328 e. The molecule has 1 rings (SSSR count). The molecule has 0 aliphatic rings. The molecular formula is C15H21NO4. The number of carbonyl (C=O) groups excluding carboxylic acids is 2. The van der Waals surface area contributed by atoms with Gasteiger partial charge >= 0.3 is 5.97 Å². The van der Waals surface area contributed by atoms with Crippen LogP contribution in [0, 0.1) is 5.41 Å². The maximum absolute atomic E-state index is 12.0. The van der Waals surface area contributed by atoms with Gasteiger partial charge in [0, 0.05) is 11.8 Å². The number of phenolic OH excluding ortho intramolecular Hbond substituents is 1. The third-order valence-corrected chi connectivity index (χ3v) is 2.85. The van der Waals surface area contributed by atoms with Gasteiger partial charge in [0.1, 0.15) is 11.8 Å². The van der Waals surface area contributed by atoms with Gasteiger partial charge in [0.25, 0.3) is 0 Å². The van der Waals surface area contributed by atoms with E-state index in [1.807, 2.05) is 0 Å². The van der Waals surface area contributed by atoms with Crippen LogP contribution in [0.2, 0.25) is 0 Å². The van der Waals surface area contributed by atoms with Gasteiger partial charge in [-0.05, 0) is 17.7 Å². The summed E-state index contributed by atoms with van der Waals surface area (Å²) in [5, 5.41) is 11.9. The van der Waals surface area contributed by atoms with Crippen molar-refractivity contribution in [2.75, 3.05) is 7.11 Å². The molecule has 5 heteroatoms. The number of phenols is 1. The molecule has 0 heterocycles. The lowest BCUT2D eigenvalue weighted by Crippen LogP contribution is -2.47. The summed E-state index contributed by atoms with van der Waals surface area (Å²) in [5.74, 6) is -0.551. The molecule has 0 fully saturated rings. The third-order valence-electron chi connectivity index (χ3n) is 2.85. The molecule has 20 heavy (non-hydrogen) atoms. The average Bonchev–Trinajstić information content (AvgIpc) is 2.38. The van der Waals surface area contributed by atoms with Crippen LogP contribution in [0.3, 0.4) is 0 Å². The zero-order chi connectivity index (χ0) is 15.3. The first-order valence-corrected chi connectivity index (χ1v) is 6.40. The zero-order valence-corrected chi connectivity index (χ0v) is 12.3. The summed E-state index contributed by atoms with van der Waals surface area (Å²) in [4.78, 5) is 23.7. The molecule has 0 aliphatic heterocycles. The van der Waals surface area contributed by atoms with Crippen molar-refractivity contribution in [3.8, 4) is 5.75 Å². The molecule has 0 bridgehead atoms. The van der Waals surface area contributed by atoms with E-state index >= 15 is 0 Å². The number of esters is 1. The first-order chi connectivity index (χ1) is 9.24. The fraction of sp³-hybridized carbons (Fsp3) is 0.467. The lowest BCUT2D eigenvalue weighted by molar-refractivity contribution is -0.146. The van der Waals surface area contributed by atoms with Gasteiger partial charge in [0.05, 0.1) is 7.11 Å². The molecule has 0 spiro atoms. The number of amides is 1. The van der Waals surface area contributed by atoms with Crippen molar-refractivity contribution in [3.05, 3.63) is 29.8 Å². The molecule has 0 aliphatic carbocycles. The van der Waals surface area contributed by atoms with Crippen LogP contribution in [0.4, 0.5) is 0 Å². The largest absolute Gasteiger partial charge is 0.508 e. The highest BCUT2D eigenvalue weighted by molar-refractivity contribution is 5.87. The van der Waals surface area contributed by atoms with Crippen molar-refractivity contribution in [2.45, 2.75) is 33.2 Å². The quantitative estimate of drug-likeness (QED) is 0.822. The van der Waals surface area contributed by atoms with Crippen molar-refractivity contribution in [1.82, 2.24) is 5.32 Å². The molecule has 2 N–H and O–H groups in total. The van der Waals surface area contributed by atoms with Gasteiger partial charge in [0.2, 0.25) is 5.91 Å². The predicted molar refractivity (Wildman–Crippen MR) is 75.2 cm³/mol. The number of ether oxygens (including phenoxy) is 1. The molecule has 1 aromatic rings. The Balaban J connectivity index is 2.82. The Morgan fingerprint density at radius 1 is 1.25 bits per heavy atom. The fourth-order valence-corrected chi connectivity index (χ4v) is 1.58. The number of carbonyl (C=O) groups is 2. The Kier molecular flexibility index (Phi) is 5.13. The second kappa shape index (κ2) is 6.41. The highest BCUT2D eigenvalue weighted by Crippen LogP contribution is 2.15. The number of hydrogen-bond donors (Lipinski definition) is 2. The summed E-state index contributed by atoms with van der Waals surface area (Å²) in [6.45, 7) is 5.33. The minimum atomic E-state index is -0.740. The van der Waals surface area contributed by atoms with Gasteiger partial charge in [-0.1, -0.05) is 32.9 Å². The van der Waals surface area contributed by atoms with Crippen LogP contribution in [0.25, 0.3) is 0 Å². The van der Waals surface area contributed by atoms with Crippen molar-refractivity contribution >= 4 is 11.9 Å². The second-order valence-electron chi connectivity index (χ2n) is 5.67. The van der Waals surface area contributed by atoms with Gasteiger partial charge in [-0.3, -0.25) is 4.79 Å². The van der Waals surface area contributed by atoms with Crippen LogP contribution in [0.5, 0.6) is 5.75 Å². The Labute approximate surface area is 118 Å². The molecule has 110 valence electrons. The van der Waals surface area contributed by atoms with Crippen LogP contribution < -0.4 is 5.32 Å². The Morgan fingerprint density at radius 3 is 2.25 bits per heavy atom. The molecule has 0 radical (unpaired) electrons. The SMILES string of the molecule is COC(=O)C(Cc1ccc(O)cc1)NC(=O)C(C)(C)C. The number of benzene rings is 1. The van der Waals surface area contributed by atoms with E-state index in [4.69, 9.17) is 4.74 Å². The Bertz CT molecular complexity index is 474. The van der Waals surface area contributed by atoms with Crippen LogP contribution in [-0.4, -0.2) is 30.1 Å². The van der Waals surface area contributed by atoms with Crippen molar-refractivity contribution in [3.63, 3.8) is 0 Å². The summed E-state index contributed by atoms with van der Waals surface area (Å²) >= 11 is 0. The summed E-state index contributed by atoms with van der Waals surface area (Å²) in [5.41, 5.74) is 0.244. The zero-order valence-electron chi connectivity index (χ0n) is 12.3. The van der Waals surface area contributed by atoms with Gasteiger partial charge in [0.15, 0.2) is 0 Å². The molecule has 1 amide bonds. The summed E-state index contributed by atoms with van der Waals surface area (Å²) < 4.78 is 4.72. The maximum Gasteiger partial charge on any atom is 0.328 e. The Hall–Kier alpha value is -2.04. The number of hydrogen-bond acceptors (Lipinski definition) is 4. The van der Waals surface area contributed by atoms with E-state index in [0.29, 0.717) is 6.42 Å². The second-order valence-corrected chi connectivity index (χ2v) is 5.67. The predicted octanol–water partition coefficient (Wildman–Crippen LogP) is 1.64. The van der Waals surface area contributed by atoms with E-state index in [9.17, 15) is 14.7 Å². The van der Waals surface area contributed by atoms with Crippen LogP contribution in [0.1, 0.15) is 26.3 Å². The number of rotatable bonds is 4. The Morgan fingerprint density at radius 2 is 1.80 bits per heavy atom. The third kappa shape index (κ3) is 4.57.